The highest BCUT2D eigenvalue weighted by atomic mass is 16.1. The molecule has 2 aliphatic rings. The molecule has 0 aromatic carbocycles. The number of ketones is 1. The molecule has 0 saturated heterocycles. The number of aromatic nitrogens is 3. The van der Waals surface area contributed by atoms with Crippen LogP contribution in [0.4, 0.5) is 0 Å². The van der Waals surface area contributed by atoms with E-state index in [1.54, 1.807) is 0 Å². The second-order valence-electron chi connectivity index (χ2n) is 8.10. The Morgan fingerprint density at radius 3 is 2.72 bits per heavy atom. The third-order valence-electron chi connectivity index (χ3n) is 5.58. The van der Waals surface area contributed by atoms with Crippen molar-refractivity contribution < 1.29 is 4.79 Å². The largest absolute Gasteiger partial charge is 0.309 e. The van der Waals surface area contributed by atoms with Crippen molar-refractivity contribution in [2.24, 2.45) is 5.92 Å². The SMILES string of the molecule is CC(C1CC1)n1ncc2c(C(=O)CCCN(C)C)cc(C3CC3)nc21. The van der Waals surface area contributed by atoms with E-state index in [4.69, 9.17) is 4.98 Å². The molecule has 0 aliphatic heterocycles. The third kappa shape index (κ3) is 3.47. The predicted molar refractivity (Wildman–Crippen MR) is 99.1 cm³/mol. The fourth-order valence-electron chi connectivity index (χ4n) is 3.62. The van der Waals surface area contributed by atoms with Crippen LogP contribution in [-0.2, 0) is 0 Å². The van der Waals surface area contributed by atoms with Crippen LogP contribution in [-0.4, -0.2) is 46.1 Å². The molecule has 2 heterocycles. The molecule has 5 nitrogen and oxygen atoms in total. The summed E-state index contributed by atoms with van der Waals surface area (Å²) < 4.78 is 2.06. The smallest absolute Gasteiger partial charge is 0.163 e. The summed E-state index contributed by atoms with van der Waals surface area (Å²) >= 11 is 0. The maximum Gasteiger partial charge on any atom is 0.163 e. The van der Waals surface area contributed by atoms with Crippen molar-refractivity contribution >= 4 is 16.8 Å². The molecular formula is C20H28N4O. The molecule has 2 aliphatic carbocycles. The molecule has 4 rings (SSSR count). The molecule has 5 heteroatoms. The van der Waals surface area contributed by atoms with E-state index in [0.29, 0.717) is 24.3 Å². The first-order valence-electron chi connectivity index (χ1n) is 9.60. The van der Waals surface area contributed by atoms with Crippen LogP contribution in [0.3, 0.4) is 0 Å². The van der Waals surface area contributed by atoms with Gasteiger partial charge in [-0.15, -0.1) is 0 Å². The normalized spacial score (nSPS) is 18.9. The summed E-state index contributed by atoms with van der Waals surface area (Å²) in [6.45, 7) is 3.17. The minimum Gasteiger partial charge on any atom is -0.309 e. The quantitative estimate of drug-likeness (QED) is 0.686. The van der Waals surface area contributed by atoms with Crippen LogP contribution >= 0.6 is 0 Å². The molecule has 2 saturated carbocycles. The Balaban J connectivity index is 1.68. The summed E-state index contributed by atoms with van der Waals surface area (Å²) in [5, 5.41) is 5.56. The first kappa shape index (κ1) is 16.7. The Hall–Kier alpha value is -1.75. The van der Waals surface area contributed by atoms with Gasteiger partial charge in [0.25, 0.3) is 0 Å². The zero-order chi connectivity index (χ0) is 17.6. The molecule has 0 N–H and O–H groups in total. The van der Waals surface area contributed by atoms with Crippen molar-refractivity contribution in [1.82, 2.24) is 19.7 Å². The van der Waals surface area contributed by atoms with Gasteiger partial charge in [-0.05, 0) is 71.7 Å². The standard InChI is InChI=1S/C20H28N4O/c1-13(14-6-7-14)24-20-17(12-21-24)16(11-18(22-20)15-8-9-15)19(25)5-4-10-23(2)3/h11-15H,4-10H2,1-3H3. The van der Waals surface area contributed by atoms with Gasteiger partial charge in [0.2, 0.25) is 0 Å². The maximum absolute atomic E-state index is 12.9. The maximum atomic E-state index is 12.9. The Morgan fingerprint density at radius 1 is 1.32 bits per heavy atom. The Morgan fingerprint density at radius 2 is 2.08 bits per heavy atom. The highest BCUT2D eigenvalue weighted by Gasteiger charge is 2.32. The van der Waals surface area contributed by atoms with Gasteiger partial charge in [0.15, 0.2) is 11.4 Å². The van der Waals surface area contributed by atoms with Gasteiger partial charge >= 0.3 is 0 Å². The van der Waals surface area contributed by atoms with E-state index in [2.05, 4.69) is 21.6 Å². The second-order valence-corrected chi connectivity index (χ2v) is 8.10. The summed E-state index contributed by atoms with van der Waals surface area (Å²) in [4.78, 5) is 19.9. The number of Topliss-reactive ketones (excluding diaryl/α,β-unsaturated/α-hetero) is 1. The van der Waals surface area contributed by atoms with Crippen molar-refractivity contribution in [3.05, 3.63) is 23.5 Å². The van der Waals surface area contributed by atoms with E-state index in [1.807, 2.05) is 26.4 Å². The van der Waals surface area contributed by atoms with E-state index in [-0.39, 0.29) is 5.78 Å². The minimum atomic E-state index is 0.231. The first-order chi connectivity index (χ1) is 12.0. The molecule has 2 aromatic heterocycles. The highest BCUT2D eigenvalue weighted by molar-refractivity contribution is 6.06. The molecule has 25 heavy (non-hydrogen) atoms. The number of carbonyl (C=O) groups excluding carboxylic acids is 1. The summed E-state index contributed by atoms with van der Waals surface area (Å²) in [7, 11) is 4.09. The van der Waals surface area contributed by atoms with Crippen molar-refractivity contribution in [3.8, 4) is 0 Å². The number of nitrogens with zero attached hydrogens (tertiary/aromatic N) is 4. The van der Waals surface area contributed by atoms with E-state index in [9.17, 15) is 4.79 Å². The van der Waals surface area contributed by atoms with Gasteiger partial charge in [0.1, 0.15) is 0 Å². The zero-order valence-corrected chi connectivity index (χ0v) is 15.5. The van der Waals surface area contributed by atoms with Crippen LogP contribution in [0.25, 0.3) is 11.0 Å². The lowest BCUT2D eigenvalue weighted by atomic mass is 10.0. The fourth-order valence-corrected chi connectivity index (χ4v) is 3.62. The number of pyridine rings is 1. The first-order valence-corrected chi connectivity index (χ1v) is 9.60. The van der Waals surface area contributed by atoms with Crippen molar-refractivity contribution in [3.63, 3.8) is 0 Å². The molecule has 2 aromatic rings. The average Bonchev–Trinajstić information content (AvgIpc) is 3.48. The van der Waals surface area contributed by atoms with Crippen molar-refractivity contribution in [2.75, 3.05) is 20.6 Å². The summed E-state index contributed by atoms with van der Waals surface area (Å²) in [6.07, 6.45) is 8.28. The number of hydrogen-bond acceptors (Lipinski definition) is 4. The van der Waals surface area contributed by atoms with E-state index in [1.165, 1.54) is 25.7 Å². The van der Waals surface area contributed by atoms with E-state index in [0.717, 1.165) is 35.3 Å². The second kappa shape index (κ2) is 6.52. The summed E-state index contributed by atoms with van der Waals surface area (Å²) in [5.74, 6) is 1.49. The zero-order valence-electron chi connectivity index (χ0n) is 15.5. The van der Waals surface area contributed by atoms with Gasteiger partial charge in [0, 0.05) is 29.0 Å². The number of carbonyl (C=O) groups is 1. The molecule has 0 radical (unpaired) electrons. The Bertz CT molecular complexity index is 786. The topological polar surface area (TPSA) is 51.0 Å². The van der Waals surface area contributed by atoms with Crippen molar-refractivity contribution in [2.45, 2.75) is 57.4 Å². The lowest BCUT2D eigenvalue weighted by molar-refractivity contribution is 0.0978. The predicted octanol–water partition coefficient (Wildman–Crippen LogP) is 3.80. The van der Waals surface area contributed by atoms with Gasteiger partial charge in [0.05, 0.1) is 12.2 Å². The molecule has 1 unspecified atom stereocenters. The minimum absolute atomic E-state index is 0.231. The molecular weight excluding hydrogens is 312 g/mol. The molecule has 0 bridgehead atoms. The monoisotopic (exact) mass is 340 g/mol. The van der Waals surface area contributed by atoms with Gasteiger partial charge in [-0.1, -0.05) is 0 Å². The molecule has 1 atom stereocenters. The van der Waals surface area contributed by atoms with Crippen LogP contribution in [0.1, 0.15) is 73.5 Å². The molecule has 134 valence electrons. The fraction of sp³-hybridized carbons (Fsp3) is 0.650. The lowest BCUT2D eigenvalue weighted by Gasteiger charge is -2.13. The molecule has 2 fully saturated rings. The van der Waals surface area contributed by atoms with E-state index >= 15 is 0 Å². The average molecular weight is 340 g/mol. The lowest BCUT2D eigenvalue weighted by Crippen LogP contribution is -2.14. The van der Waals surface area contributed by atoms with Crippen LogP contribution < -0.4 is 0 Å². The summed E-state index contributed by atoms with van der Waals surface area (Å²) in [5.41, 5.74) is 2.84. The molecule has 0 spiro atoms. The van der Waals surface area contributed by atoms with Crippen LogP contribution in [0.2, 0.25) is 0 Å². The van der Waals surface area contributed by atoms with Gasteiger partial charge in [-0.3, -0.25) is 4.79 Å². The van der Waals surface area contributed by atoms with Crippen LogP contribution in [0, 0.1) is 5.92 Å². The van der Waals surface area contributed by atoms with E-state index < -0.39 is 0 Å². The number of hydrogen-bond donors (Lipinski definition) is 0. The Labute approximate surface area is 149 Å². The Kier molecular flexibility index (Phi) is 4.36. The highest BCUT2D eigenvalue weighted by Crippen LogP contribution is 2.42. The van der Waals surface area contributed by atoms with Gasteiger partial charge in [-0.25, -0.2) is 9.67 Å². The number of fused-ring (bicyclic) bond motifs is 1. The molecule has 0 amide bonds. The van der Waals surface area contributed by atoms with Gasteiger partial charge in [-0.2, -0.15) is 5.10 Å². The van der Waals surface area contributed by atoms with Gasteiger partial charge < -0.3 is 4.90 Å². The van der Waals surface area contributed by atoms with Crippen molar-refractivity contribution in [1.29, 1.82) is 0 Å². The van der Waals surface area contributed by atoms with Crippen LogP contribution in [0.15, 0.2) is 12.3 Å². The van der Waals surface area contributed by atoms with Crippen LogP contribution in [0.5, 0.6) is 0 Å². The number of rotatable bonds is 8. The summed E-state index contributed by atoms with van der Waals surface area (Å²) in [6, 6.07) is 2.42. The third-order valence-corrected chi connectivity index (χ3v) is 5.58.